The molecule has 3 rings (SSSR count). The molecule has 2 nitrogen and oxygen atoms in total. The fourth-order valence-electron chi connectivity index (χ4n) is 4.62. The van der Waals surface area contributed by atoms with Gasteiger partial charge in [-0.05, 0) is 34.2 Å². The van der Waals surface area contributed by atoms with Crippen LogP contribution in [0.4, 0.5) is 0 Å². The summed E-state index contributed by atoms with van der Waals surface area (Å²) in [5.74, 6) is 0.495. The van der Waals surface area contributed by atoms with Gasteiger partial charge in [-0.1, -0.05) is 94.3 Å². The topological polar surface area (TPSA) is 26.3 Å². The summed E-state index contributed by atoms with van der Waals surface area (Å²) in [5, 5.41) is 2.60. The average Bonchev–Trinajstić information content (AvgIpc) is 2.69. The molecular weight excluding hydrogens is 348 g/mol. The molecule has 0 spiro atoms. The van der Waals surface area contributed by atoms with Crippen molar-refractivity contribution >= 4 is 25.0 Å². The van der Waals surface area contributed by atoms with Gasteiger partial charge in [0.15, 0.2) is 0 Å². The first-order valence-electron chi connectivity index (χ1n) is 10.2. The van der Waals surface area contributed by atoms with Crippen LogP contribution in [0.25, 0.3) is 0 Å². The minimum absolute atomic E-state index is 0.0128. The molecule has 0 amide bonds. The van der Waals surface area contributed by atoms with Gasteiger partial charge in [0, 0.05) is 12.5 Å². The van der Waals surface area contributed by atoms with E-state index < -0.39 is 8.32 Å². The van der Waals surface area contributed by atoms with E-state index >= 15 is 0 Å². The van der Waals surface area contributed by atoms with Crippen molar-refractivity contribution in [2.75, 3.05) is 6.61 Å². The number of hydrogen-bond donors (Lipinski definition) is 0. The molecular formula is C24H32O2Si. The highest BCUT2D eigenvalue weighted by Gasteiger charge is 2.50. The Labute approximate surface area is 165 Å². The maximum atomic E-state index is 11.6. The molecule has 3 heteroatoms. The van der Waals surface area contributed by atoms with Gasteiger partial charge in [0.2, 0.25) is 0 Å². The van der Waals surface area contributed by atoms with Crippen LogP contribution in [0, 0.1) is 11.8 Å². The Morgan fingerprint density at radius 3 is 1.93 bits per heavy atom. The van der Waals surface area contributed by atoms with Gasteiger partial charge in [-0.3, -0.25) is 0 Å². The van der Waals surface area contributed by atoms with Crippen molar-refractivity contribution in [3.63, 3.8) is 0 Å². The second kappa shape index (κ2) is 8.53. The number of carbonyl (C=O) groups excluding carboxylic acids is 1. The fourth-order valence-corrected chi connectivity index (χ4v) is 9.24. The van der Waals surface area contributed by atoms with Crippen molar-refractivity contribution < 1.29 is 9.22 Å². The van der Waals surface area contributed by atoms with E-state index in [1.165, 1.54) is 29.5 Å². The third-order valence-corrected chi connectivity index (χ3v) is 11.1. The first-order chi connectivity index (χ1) is 13.0. The first kappa shape index (κ1) is 20.0. The molecule has 2 atom stereocenters. The molecule has 0 heterocycles. The highest BCUT2D eigenvalue weighted by Crippen LogP contribution is 2.38. The summed E-state index contributed by atoms with van der Waals surface area (Å²) in [7, 11) is -2.49. The Morgan fingerprint density at radius 2 is 1.44 bits per heavy atom. The van der Waals surface area contributed by atoms with Gasteiger partial charge in [-0.25, -0.2) is 0 Å². The van der Waals surface area contributed by atoms with Gasteiger partial charge in [-0.2, -0.15) is 0 Å². The lowest BCUT2D eigenvalue weighted by atomic mass is 9.81. The molecule has 1 aliphatic carbocycles. The maximum Gasteiger partial charge on any atom is 0.261 e. The van der Waals surface area contributed by atoms with E-state index in [0.29, 0.717) is 12.5 Å². The zero-order valence-corrected chi connectivity index (χ0v) is 17.9. The quantitative estimate of drug-likeness (QED) is 0.542. The number of aldehydes is 1. The standard InChI is InChI=1S/C24H32O2Si/c1-24(2,3)27(22-14-6-4-7-15-22,23-16-8-5-9-17-23)26-19-21-13-11-10-12-20(21)18-25/h4-9,14-18,20-21H,10-13,19H2,1-3H3/t20-,21+/m1/s1. The van der Waals surface area contributed by atoms with Crippen molar-refractivity contribution in [2.45, 2.75) is 51.5 Å². The summed E-state index contributed by atoms with van der Waals surface area (Å²) < 4.78 is 7.02. The molecule has 1 fully saturated rings. The van der Waals surface area contributed by atoms with Crippen LogP contribution < -0.4 is 10.4 Å². The van der Waals surface area contributed by atoms with E-state index in [1.54, 1.807) is 0 Å². The number of hydrogen-bond acceptors (Lipinski definition) is 2. The summed E-state index contributed by atoms with van der Waals surface area (Å²) in [6.45, 7) is 7.59. The van der Waals surface area contributed by atoms with E-state index in [4.69, 9.17) is 4.43 Å². The molecule has 0 unspecified atom stereocenters. The average molecular weight is 381 g/mol. The van der Waals surface area contributed by atoms with Crippen LogP contribution in [0.15, 0.2) is 60.7 Å². The largest absolute Gasteiger partial charge is 0.407 e. The van der Waals surface area contributed by atoms with Crippen LogP contribution in [-0.4, -0.2) is 21.2 Å². The van der Waals surface area contributed by atoms with Gasteiger partial charge in [0.25, 0.3) is 8.32 Å². The summed E-state index contributed by atoms with van der Waals surface area (Å²) in [6.07, 6.45) is 5.65. The predicted molar refractivity (Wildman–Crippen MR) is 115 cm³/mol. The SMILES string of the molecule is CC(C)(C)[Si](OC[C@@H]1CCCC[C@@H]1C=O)(c1ccccc1)c1ccccc1. The van der Waals surface area contributed by atoms with Crippen LogP contribution in [-0.2, 0) is 9.22 Å². The van der Waals surface area contributed by atoms with Gasteiger partial charge < -0.3 is 9.22 Å². The molecule has 1 aliphatic rings. The minimum atomic E-state index is -2.49. The normalized spacial score (nSPS) is 21.0. The van der Waals surface area contributed by atoms with E-state index in [0.717, 1.165) is 12.8 Å². The summed E-state index contributed by atoms with van der Waals surface area (Å²) >= 11 is 0. The molecule has 2 aromatic rings. The molecule has 0 aliphatic heterocycles. The van der Waals surface area contributed by atoms with Gasteiger partial charge in [-0.15, -0.1) is 0 Å². The number of carbonyl (C=O) groups is 1. The van der Waals surface area contributed by atoms with Crippen LogP contribution in [0.5, 0.6) is 0 Å². The van der Waals surface area contributed by atoms with Crippen LogP contribution >= 0.6 is 0 Å². The third kappa shape index (κ3) is 4.09. The van der Waals surface area contributed by atoms with Crippen molar-refractivity contribution in [3.8, 4) is 0 Å². The van der Waals surface area contributed by atoms with Crippen LogP contribution in [0.1, 0.15) is 46.5 Å². The predicted octanol–water partition coefficient (Wildman–Crippen LogP) is 4.57. The van der Waals surface area contributed by atoms with E-state index in [9.17, 15) is 4.79 Å². The summed E-state index contributed by atoms with van der Waals surface area (Å²) in [6, 6.07) is 21.5. The molecule has 1 saturated carbocycles. The fraction of sp³-hybridized carbons (Fsp3) is 0.458. The lowest BCUT2D eigenvalue weighted by molar-refractivity contribution is -0.114. The zero-order valence-electron chi connectivity index (χ0n) is 16.9. The Balaban J connectivity index is 2.02. The summed E-state index contributed by atoms with van der Waals surface area (Å²) in [4.78, 5) is 11.6. The molecule has 27 heavy (non-hydrogen) atoms. The van der Waals surface area contributed by atoms with E-state index in [-0.39, 0.29) is 11.0 Å². The number of benzene rings is 2. The molecule has 144 valence electrons. The number of rotatable bonds is 6. The zero-order chi connectivity index (χ0) is 19.3. The molecule has 0 radical (unpaired) electrons. The smallest absolute Gasteiger partial charge is 0.261 e. The highest BCUT2D eigenvalue weighted by atomic mass is 28.4. The van der Waals surface area contributed by atoms with Gasteiger partial charge in [0.1, 0.15) is 6.29 Å². The Hall–Kier alpha value is -1.71. The lowest BCUT2D eigenvalue weighted by Crippen LogP contribution is -2.67. The molecule has 0 bridgehead atoms. The molecule has 0 saturated heterocycles. The highest BCUT2D eigenvalue weighted by molar-refractivity contribution is 6.99. The van der Waals surface area contributed by atoms with Crippen LogP contribution in [0.3, 0.4) is 0 Å². The van der Waals surface area contributed by atoms with Gasteiger partial charge in [0.05, 0.1) is 0 Å². The Bertz CT molecular complexity index is 682. The minimum Gasteiger partial charge on any atom is -0.407 e. The van der Waals surface area contributed by atoms with Crippen molar-refractivity contribution in [1.29, 1.82) is 0 Å². The first-order valence-corrected chi connectivity index (χ1v) is 12.1. The second-order valence-electron chi connectivity index (χ2n) is 8.82. The molecule has 0 N–H and O–H groups in total. The third-order valence-electron chi connectivity index (χ3n) is 6.07. The van der Waals surface area contributed by atoms with Crippen LogP contribution in [0.2, 0.25) is 5.04 Å². The van der Waals surface area contributed by atoms with Crippen molar-refractivity contribution in [1.82, 2.24) is 0 Å². The Morgan fingerprint density at radius 1 is 0.926 bits per heavy atom. The second-order valence-corrected chi connectivity index (χ2v) is 13.1. The van der Waals surface area contributed by atoms with Crippen molar-refractivity contribution in [2.24, 2.45) is 11.8 Å². The summed E-state index contributed by atoms with van der Waals surface area (Å²) in [5.41, 5.74) is 0. The van der Waals surface area contributed by atoms with Crippen molar-refractivity contribution in [3.05, 3.63) is 60.7 Å². The Kier molecular flexibility index (Phi) is 6.33. The maximum absolute atomic E-state index is 11.6. The van der Waals surface area contributed by atoms with Gasteiger partial charge >= 0.3 is 0 Å². The molecule has 2 aromatic carbocycles. The molecule has 0 aromatic heterocycles. The van der Waals surface area contributed by atoms with E-state index in [1.807, 2.05) is 0 Å². The lowest BCUT2D eigenvalue weighted by Gasteiger charge is -2.44. The monoisotopic (exact) mass is 380 g/mol. The van der Waals surface area contributed by atoms with E-state index in [2.05, 4.69) is 81.4 Å².